The van der Waals surface area contributed by atoms with E-state index in [1.807, 2.05) is 29.3 Å². The fourth-order valence-electron chi connectivity index (χ4n) is 3.46. The maximum absolute atomic E-state index is 11.4. The van der Waals surface area contributed by atoms with Gasteiger partial charge in [-0.2, -0.15) is 0 Å². The van der Waals surface area contributed by atoms with Crippen molar-refractivity contribution in [1.82, 2.24) is 14.9 Å². The Bertz CT molecular complexity index is 1060. The molecule has 1 aliphatic heterocycles. The average molecular weight is 418 g/mol. The molecule has 0 spiro atoms. The maximum atomic E-state index is 11.4. The number of hydrogen-bond acceptors (Lipinski definition) is 5. The summed E-state index contributed by atoms with van der Waals surface area (Å²) in [6, 6.07) is 12.7. The number of carbonyl (C=O) groups excluding carboxylic acids is 1. The lowest BCUT2D eigenvalue weighted by Gasteiger charge is -2.13. The molecule has 6 N–H and O–H groups in total. The zero-order valence-electron chi connectivity index (χ0n) is 17.2. The Morgan fingerprint density at radius 1 is 1.26 bits per heavy atom. The van der Waals surface area contributed by atoms with E-state index in [1.54, 1.807) is 36.7 Å². The molecule has 7 nitrogen and oxygen atoms in total. The van der Waals surface area contributed by atoms with Gasteiger partial charge in [0.1, 0.15) is 11.6 Å². The number of likely N-dealkylation sites (tertiary alicyclic amines) is 1. The van der Waals surface area contributed by atoms with Crippen LogP contribution < -0.4 is 11.5 Å². The van der Waals surface area contributed by atoms with Crippen molar-refractivity contribution in [3.63, 3.8) is 0 Å². The Morgan fingerprint density at radius 2 is 2.06 bits per heavy atom. The molecule has 1 aromatic carbocycles. The molecular formula is C24H27N5O2. The van der Waals surface area contributed by atoms with Gasteiger partial charge in [-0.3, -0.25) is 9.78 Å². The van der Waals surface area contributed by atoms with Crippen LogP contribution in [0.4, 0.5) is 5.82 Å². The van der Waals surface area contributed by atoms with Crippen LogP contribution in [-0.2, 0) is 4.79 Å². The Hall–Kier alpha value is -4.00. The number of phenolic OH excluding ortho intramolecular Hbond substituents is 1. The van der Waals surface area contributed by atoms with Gasteiger partial charge in [-0.25, -0.2) is 0 Å². The number of pyridine rings is 1. The van der Waals surface area contributed by atoms with Crippen molar-refractivity contribution in [2.45, 2.75) is 12.3 Å². The summed E-state index contributed by atoms with van der Waals surface area (Å²) in [6.07, 6.45) is 9.51. The number of anilines is 1. The van der Waals surface area contributed by atoms with E-state index in [1.165, 1.54) is 11.6 Å². The van der Waals surface area contributed by atoms with Crippen molar-refractivity contribution in [2.75, 3.05) is 18.8 Å². The first kappa shape index (κ1) is 21.7. The molecule has 0 saturated carbocycles. The number of nitrogens with zero attached hydrogens (tertiary/aromatic N) is 2. The van der Waals surface area contributed by atoms with Gasteiger partial charge in [0.2, 0.25) is 5.91 Å². The summed E-state index contributed by atoms with van der Waals surface area (Å²) in [4.78, 5) is 20.2. The number of H-pyrrole nitrogens is 1. The van der Waals surface area contributed by atoms with E-state index in [0.717, 1.165) is 25.1 Å². The van der Waals surface area contributed by atoms with Crippen LogP contribution in [0.1, 0.15) is 29.0 Å². The van der Waals surface area contributed by atoms with Gasteiger partial charge >= 0.3 is 0 Å². The lowest BCUT2D eigenvalue weighted by Crippen LogP contribution is -2.26. The second-order valence-electron chi connectivity index (χ2n) is 7.22. The number of hydrogen-bond donors (Lipinski definition) is 4. The standard InChI is InChI=1S/C12H13N3O.C12H14N2O/c13-10(7-8-5-6-15-12(8)14)9-3-1-2-4-11(9)16;1-2-12(15)14-7-5-11(9-14)10-4-3-6-13-8-10/h1-7,15-16H,13-14H2;2-4,6,8,11H,1,5,7,9H2/b10-7-;/t;11-/m.1/s1. The number of nitrogen functional groups attached to an aromatic ring is 1. The SMILES string of the molecule is C=CC(=O)N1CC[C@@H](c2cccnc2)C1.N/C(=C\c1cc[nH]c1N)c1ccccc1O. The highest BCUT2D eigenvalue weighted by molar-refractivity contribution is 5.87. The normalized spacial score (nSPS) is 15.8. The van der Waals surface area contributed by atoms with Crippen molar-refractivity contribution in [3.05, 3.63) is 90.4 Å². The molecule has 4 rings (SSSR count). The molecule has 1 fully saturated rings. The third-order valence-electron chi connectivity index (χ3n) is 5.17. The quantitative estimate of drug-likeness (QED) is 0.485. The third-order valence-corrected chi connectivity index (χ3v) is 5.17. The van der Waals surface area contributed by atoms with Crippen molar-refractivity contribution in [2.24, 2.45) is 5.73 Å². The molecule has 0 radical (unpaired) electrons. The summed E-state index contributed by atoms with van der Waals surface area (Å²) >= 11 is 0. The molecule has 31 heavy (non-hydrogen) atoms. The van der Waals surface area contributed by atoms with E-state index in [9.17, 15) is 9.90 Å². The fraction of sp³-hybridized carbons (Fsp3) is 0.167. The van der Waals surface area contributed by atoms with E-state index in [0.29, 0.717) is 23.0 Å². The largest absolute Gasteiger partial charge is 0.507 e. The molecule has 1 atom stereocenters. The number of benzene rings is 1. The predicted octanol–water partition coefficient (Wildman–Crippen LogP) is 3.34. The van der Waals surface area contributed by atoms with Crippen LogP contribution in [0.25, 0.3) is 11.8 Å². The smallest absolute Gasteiger partial charge is 0.245 e. The fourth-order valence-corrected chi connectivity index (χ4v) is 3.46. The second-order valence-corrected chi connectivity index (χ2v) is 7.22. The van der Waals surface area contributed by atoms with Crippen molar-refractivity contribution in [3.8, 4) is 5.75 Å². The van der Waals surface area contributed by atoms with Crippen LogP contribution in [0.2, 0.25) is 0 Å². The summed E-state index contributed by atoms with van der Waals surface area (Å²) in [7, 11) is 0. The van der Waals surface area contributed by atoms with Crippen LogP contribution in [0, 0.1) is 0 Å². The highest BCUT2D eigenvalue weighted by Crippen LogP contribution is 2.26. The minimum atomic E-state index is 0.0291. The average Bonchev–Trinajstić information content (AvgIpc) is 3.44. The minimum Gasteiger partial charge on any atom is -0.507 e. The molecule has 1 saturated heterocycles. The van der Waals surface area contributed by atoms with E-state index in [2.05, 4.69) is 22.6 Å². The van der Waals surface area contributed by atoms with Crippen molar-refractivity contribution >= 4 is 23.5 Å². The summed E-state index contributed by atoms with van der Waals surface area (Å²) in [5, 5.41) is 9.62. The number of nitrogens with two attached hydrogens (primary N) is 2. The molecule has 3 aromatic rings. The summed E-state index contributed by atoms with van der Waals surface area (Å²) in [6.45, 7) is 5.11. The van der Waals surface area contributed by atoms with Crippen molar-refractivity contribution < 1.29 is 9.90 Å². The zero-order valence-corrected chi connectivity index (χ0v) is 17.2. The van der Waals surface area contributed by atoms with Crippen LogP contribution in [0.5, 0.6) is 5.75 Å². The topological polar surface area (TPSA) is 121 Å². The number of phenols is 1. The molecule has 1 amide bonds. The molecule has 7 heteroatoms. The number of aromatic hydroxyl groups is 1. The van der Waals surface area contributed by atoms with E-state index >= 15 is 0 Å². The second kappa shape index (κ2) is 10.2. The summed E-state index contributed by atoms with van der Waals surface area (Å²) in [5.41, 5.74) is 14.7. The number of para-hydroxylation sites is 1. The summed E-state index contributed by atoms with van der Waals surface area (Å²) < 4.78 is 0. The number of nitrogens with one attached hydrogen (secondary N) is 1. The molecule has 0 bridgehead atoms. The predicted molar refractivity (Wildman–Crippen MR) is 124 cm³/mol. The summed E-state index contributed by atoms with van der Waals surface area (Å²) in [5.74, 6) is 1.17. The number of amides is 1. The van der Waals surface area contributed by atoms with Crippen LogP contribution in [-0.4, -0.2) is 39.0 Å². The number of rotatable bonds is 4. The van der Waals surface area contributed by atoms with Gasteiger partial charge in [-0.15, -0.1) is 0 Å². The molecule has 0 unspecified atom stereocenters. The van der Waals surface area contributed by atoms with E-state index in [4.69, 9.17) is 11.5 Å². The number of aromatic amines is 1. The molecule has 1 aliphatic rings. The molecular weight excluding hydrogens is 390 g/mol. The van der Waals surface area contributed by atoms with Gasteiger partial charge < -0.3 is 26.5 Å². The maximum Gasteiger partial charge on any atom is 0.245 e. The van der Waals surface area contributed by atoms with Gasteiger partial charge in [-0.1, -0.05) is 24.8 Å². The van der Waals surface area contributed by atoms with E-state index in [-0.39, 0.29) is 11.7 Å². The first-order valence-corrected chi connectivity index (χ1v) is 9.99. The number of aromatic nitrogens is 2. The van der Waals surface area contributed by atoms with Gasteiger partial charge in [0.25, 0.3) is 0 Å². The lowest BCUT2D eigenvalue weighted by atomic mass is 10.0. The molecule has 2 aromatic heterocycles. The van der Waals surface area contributed by atoms with Gasteiger partial charge in [0, 0.05) is 54.4 Å². The molecule has 3 heterocycles. The van der Waals surface area contributed by atoms with Gasteiger partial charge in [0.05, 0.1) is 0 Å². The Kier molecular flexibility index (Phi) is 7.11. The van der Waals surface area contributed by atoms with Gasteiger partial charge in [-0.05, 0) is 48.4 Å². The lowest BCUT2D eigenvalue weighted by molar-refractivity contribution is -0.125. The minimum absolute atomic E-state index is 0.0291. The Labute approximate surface area is 181 Å². The Morgan fingerprint density at radius 3 is 2.71 bits per heavy atom. The first-order chi connectivity index (χ1) is 15.0. The zero-order chi connectivity index (χ0) is 22.2. The van der Waals surface area contributed by atoms with Gasteiger partial charge in [0.15, 0.2) is 0 Å². The Balaban J connectivity index is 0.000000176. The van der Waals surface area contributed by atoms with E-state index < -0.39 is 0 Å². The molecule has 0 aliphatic carbocycles. The molecule has 160 valence electrons. The van der Waals surface area contributed by atoms with Crippen LogP contribution in [0.3, 0.4) is 0 Å². The monoisotopic (exact) mass is 417 g/mol. The first-order valence-electron chi connectivity index (χ1n) is 9.99. The third kappa shape index (κ3) is 5.54. The number of carbonyl (C=O) groups is 1. The van der Waals surface area contributed by atoms with Crippen LogP contribution >= 0.6 is 0 Å². The highest BCUT2D eigenvalue weighted by Gasteiger charge is 2.25. The highest BCUT2D eigenvalue weighted by atomic mass is 16.3. The van der Waals surface area contributed by atoms with Crippen LogP contribution in [0.15, 0.2) is 73.7 Å². The van der Waals surface area contributed by atoms with Crippen molar-refractivity contribution in [1.29, 1.82) is 0 Å².